The number of nitrogens with one attached hydrogen (secondary N) is 1. The molecule has 186 valence electrons. The first kappa shape index (κ1) is 23.8. The number of anilines is 1. The third-order valence-corrected chi connectivity index (χ3v) is 6.89. The van der Waals surface area contributed by atoms with Crippen molar-refractivity contribution in [2.24, 2.45) is 11.0 Å². The van der Waals surface area contributed by atoms with Crippen LogP contribution in [0.25, 0.3) is 0 Å². The summed E-state index contributed by atoms with van der Waals surface area (Å²) in [4.78, 5) is 27.1. The summed E-state index contributed by atoms with van der Waals surface area (Å²) in [5.74, 6) is 1.37. The predicted molar refractivity (Wildman–Crippen MR) is 140 cm³/mol. The molecule has 36 heavy (non-hydrogen) atoms. The van der Waals surface area contributed by atoms with Crippen molar-refractivity contribution in [1.29, 1.82) is 0 Å². The van der Waals surface area contributed by atoms with Gasteiger partial charge in [-0.25, -0.2) is 5.43 Å². The van der Waals surface area contributed by atoms with Gasteiger partial charge in [-0.3, -0.25) is 14.5 Å². The molecule has 0 aliphatic carbocycles. The van der Waals surface area contributed by atoms with E-state index >= 15 is 0 Å². The van der Waals surface area contributed by atoms with E-state index in [0.29, 0.717) is 29.7 Å². The minimum atomic E-state index is -0.295. The Kier molecular flexibility index (Phi) is 6.86. The lowest BCUT2D eigenvalue weighted by atomic mass is 9.83. The van der Waals surface area contributed by atoms with Crippen molar-refractivity contribution in [3.8, 4) is 5.75 Å². The normalized spacial score (nSPS) is 19.1. The van der Waals surface area contributed by atoms with Gasteiger partial charge in [0.15, 0.2) is 0 Å². The van der Waals surface area contributed by atoms with E-state index in [1.807, 2.05) is 29.7 Å². The summed E-state index contributed by atoms with van der Waals surface area (Å²) in [6.07, 6.45) is 2.76. The Labute approximate surface area is 210 Å². The Hall–Kier alpha value is -3.91. The van der Waals surface area contributed by atoms with Gasteiger partial charge < -0.3 is 15.0 Å². The quantitative estimate of drug-likeness (QED) is 0.304. The molecule has 0 saturated carbocycles. The number of hydrogen-bond acceptors (Lipinski definition) is 6. The third-order valence-electron chi connectivity index (χ3n) is 6.89. The second-order valence-electron chi connectivity index (χ2n) is 9.51. The van der Waals surface area contributed by atoms with E-state index in [4.69, 9.17) is 10.5 Å². The molecule has 5 rings (SSSR count). The summed E-state index contributed by atoms with van der Waals surface area (Å²) >= 11 is 0. The van der Waals surface area contributed by atoms with Gasteiger partial charge in [-0.05, 0) is 73.4 Å². The minimum Gasteiger partial charge on any atom is -0.494 e. The number of nitrogens with two attached hydrogens (primary N) is 1. The number of carbonyl (C=O) groups excluding carboxylic acids is 1. The molecule has 3 aromatic rings. The van der Waals surface area contributed by atoms with E-state index in [-0.39, 0.29) is 11.5 Å². The van der Waals surface area contributed by atoms with Gasteiger partial charge in [-0.2, -0.15) is 5.10 Å². The van der Waals surface area contributed by atoms with Crippen molar-refractivity contribution >= 4 is 17.8 Å². The van der Waals surface area contributed by atoms with Crippen molar-refractivity contribution in [2.75, 3.05) is 25.4 Å². The van der Waals surface area contributed by atoms with Crippen LogP contribution in [0.15, 0.2) is 70.6 Å². The summed E-state index contributed by atoms with van der Waals surface area (Å²) in [5.41, 5.74) is 12.6. The van der Waals surface area contributed by atoms with Gasteiger partial charge in [-0.15, -0.1) is 0 Å². The van der Waals surface area contributed by atoms with Gasteiger partial charge in [0.1, 0.15) is 5.75 Å². The number of hydrogen-bond donors (Lipinski definition) is 2. The molecule has 1 fully saturated rings. The Morgan fingerprint density at radius 3 is 2.78 bits per heavy atom. The van der Waals surface area contributed by atoms with Crippen molar-refractivity contribution in [3.63, 3.8) is 0 Å². The van der Waals surface area contributed by atoms with E-state index in [1.165, 1.54) is 0 Å². The lowest BCUT2D eigenvalue weighted by Crippen LogP contribution is -2.46. The van der Waals surface area contributed by atoms with Crippen molar-refractivity contribution in [1.82, 2.24) is 14.9 Å². The highest BCUT2D eigenvalue weighted by molar-refractivity contribution is 5.95. The second-order valence-corrected chi connectivity index (χ2v) is 9.51. The first-order valence-corrected chi connectivity index (χ1v) is 12.4. The summed E-state index contributed by atoms with van der Waals surface area (Å²) in [7, 11) is 0. The highest BCUT2D eigenvalue weighted by Crippen LogP contribution is 2.36. The van der Waals surface area contributed by atoms with Gasteiger partial charge in [-0.1, -0.05) is 6.07 Å². The van der Waals surface area contributed by atoms with Crippen LogP contribution in [0.5, 0.6) is 5.75 Å². The van der Waals surface area contributed by atoms with Crippen molar-refractivity contribution in [2.45, 2.75) is 32.4 Å². The number of nitrogen functional groups attached to an aromatic ring is 1. The van der Waals surface area contributed by atoms with E-state index in [0.717, 1.165) is 55.2 Å². The molecule has 1 aromatic heterocycles. The lowest BCUT2D eigenvalue weighted by molar-refractivity contribution is 0.0955. The van der Waals surface area contributed by atoms with Gasteiger partial charge in [0, 0.05) is 60.7 Å². The van der Waals surface area contributed by atoms with Crippen LogP contribution in [0.1, 0.15) is 46.4 Å². The van der Waals surface area contributed by atoms with E-state index in [2.05, 4.69) is 27.6 Å². The van der Waals surface area contributed by atoms with E-state index in [1.54, 1.807) is 36.5 Å². The fourth-order valence-electron chi connectivity index (χ4n) is 5.33. The molecule has 2 aromatic carbocycles. The highest BCUT2D eigenvalue weighted by atomic mass is 16.5. The molecule has 2 aliphatic heterocycles. The van der Waals surface area contributed by atoms with Crippen LogP contribution in [0.3, 0.4) is 0 Å². The number of rotatable bonds is 7. The second kappa shape index (κ2) is 10.4. The minimum absolute atomic E-state index is 0.102. The maximum absolute atomic E-state index is 12.3. The van der Waals surface area contributed by atoms with Gasteiger partial charge in [0.25, 0.3) is 11.5 Å². The number of benzene rings is 2. The van der Waals surface area contributed by atoms with Crippen LogP contribution in [0.4, 0.5) is 5.69 Å². The smallest absolute Gasteiger partial charge is 0.271 e. The van der Waals surface area contributed by atoms with Crippen molar-refractivity contribution in [3.05, 3.63) is 93.4 Å². The van der Waals surface area contributed by atoms with Gasteiger partial charge in [0.05, 0.1) is 12.8 Å². The zero-order valence-electron chi connectivity index (χ0n) is 20.4. The van der Waals surface area contributed by atoms with Crippen LogP contribution in [-0.4, -0.2) is 41.3 Å². The predicted octanol–water partition coefficient (Wildman–Crippen LogP) is 3.21. The number of piperidine rings is 1. The standard InChI is InChI=1S/C28H31N5O3/c1-2-36-26-11-6-19(14-30-31-28(35)21-7-9-24(29)10-8-21)12-23(26)18-32-15-20-13-22(17-32)25-4-3-5-27(34)33(25)16-20/h3-12,14,20,22H,2,13,15-18,29H2,1H3,(H,31,35)/b30-14+. The van der Waals surface area contributed by atoms with E-state index in [9.17, 15) is 9.59 Å². The molecule has 2 bridgehead atoms. The molecule has 0 spiro atoms. The average Bonchev–Trinajstić information content (AvgIpc) is 2.87. The number of nitrogens with zero attached hydrogens (tertiary/aromatic N) is 3. The lowest BCUT2D eigenvalue weighted by Gasteiger charge is -2.43. The molecule has 1 amide bonds. The van der Waals surface area contributed by atoms with E-state index < -0.39 is 0 Å². The Balaban J connectivity index is 1.29. The number of ether oxygens (including phenoxy) is 1. The number of pyridine rings is 1. The summed E-state index contributed by atoms with van der Waals surface area (Å²) in [5, 5.41) is 4.14. The molecular formula is C28H31N5O3. The van der Waals surface area contributed by atoms with Crippen LogP contribution in [0, 0.1) is 5.92 Å². The molecule has 0 radical (unpaired) electrons. The first-order valence-electron chi connectivity index (χ1n) is 12.4. The van der Waals surface area contributed by atoms with Crippen LogP contribution in [0.2, 0.25) is 0 Å². The SMILES string of the molecule is CCOc1ccc(/C=N/NC(=O)c2ccc(N)cc2)cc1CN1CC2CC(C1)c1cccc(=O)n1C2. The van der Waals surface area contributed by atoms with Crippen molar-refractivity contribution < 1.29 is 9.53 Å². The van der Waals surface area contributed by atoms with Crippen LogP contribution >= 0.6 is 0 Å². The molecular weight excluding hydrogens is 454 g/mol. The molecule has 8 nitrogen and oxygen atoms in total. The number of carbonyl (C=O) groups is 1. The first-order chi connectivity index (χ1) is 17.5. The third kappa shape index (κ3) is 5.18. The van der Waals surface area contributed by atoms with Crippen LogP contribution in [-0.2, 0) is 13.1 Å². The molecule has 2 aliphatic rings. The molecule has 2 unspecified atom stereocenters. The van der Waals surface area contributed by atoms with Crippen LogP contribution < -0.4 is 21.5 Å². The largest absolute Gasteiger partial charge is 0.494 e. The monoisotopic (exact) mass is 485 g/mol. The maximum atomic E-state index is 12.3. The maximum Gasteiger partial charge on any atom is 0.271 e. The number of fused-ring (bicyclic) bond motifs is 4. The summed E-state index contributed by atoms with van der Waals surface area (Å²) < 4.78 is 7.87. The number of hydrazone groups is 1. The topological polar surface area (TPSA) is 102 Å². The molecule has 3 heterocycles. The fourth-order valence-corrected chi connectivity index (χ4v) is 5.33. The Morgan fingerprint density at radius 1 is 1.14 bits per heavy atom. The Bertz CT molecular complexity index is 1330. The van der Waals surface area contributed by atoms with Gasteiger partial charge in [0.2, 0.25) is 0 Å². The average molecular weight is 486 g/mol. The molecule has 1 saturated heterocycles. The number of aromatic nitrogens is 1. The fraction of sp³-hybridized carbons (Fsp3) is 0.321. The Morgan fingerprint density at radius 2 is 1.97 bits per heavy atom. The molecule has 8 heteroatoms. The number of likely N-dealkylation sites (tertiary alicyclic amines) is 1. The molecule has 3 N–H and O–H groups in total. The van der Waals surface area contributed by atoms with Gasteiger partial charge >= 0.3 is 0 Å². The number of amides is 1. The highest BCUT2D eigenvalue weighted by Gasteiger charge is 2.34. The summed E-state index contributed by atoms with van der Waals surface area (Å²) in [6.45, 7) is 5.94. The molecule has 2 atom stereocenters. The summed E-state index contributed by atoms with van der Waals surface area (Å²) in [6, 6.07) is 18.3. The zero-order chi connectivity index (χ0) is 25.1. The zero-order valence-corrected chi connectivity index (χ0v) is 20.4.